The summed E-state index contributed by atoms with van der Waals surface area (Å²) in [6, 6.07) is 1.52. The van der Waals surface area contributed by atoms with Gasteiger partial charge in [0.25, 0.3) is 0 Å². The number of aryl methyl sites for hydroxylation is 1. The maximum Gasteiger partial charge on any atom is 0.339 e. The Labute approximate surface area is 85.7 Å². The van der Waals surface area contributed by atoms with Crippen LogP contribution in [0.1, 0.15) is 16.2 Å². The number of anilines is 1. The van der Waals surface area contributed by atoms with Crippen LogP contribution in [0.15, 0.2) is 12.3 Å². The van der Waals surface area contributed by atoms with Gasteiger partial charge in [-0.25, -0.2) is 14.3 Å². The van der Waals surface area contributed by atoms with Crippen molar-refractivity contribution < 1.29 is 9.53 Å². The van der Waals surface area contributed by atoms with Crippen molar-refractivity contribution in [3.8, 4) is 0 Å². The average molecular weight is 206 g/mol. The van der Waals surface area contributed by atoms with Crippen LogP contribution in [0, 0.1) is 6.92 Å². The molecule has 15 heavy (non-hydrogen) atoms. The van der Waals surface area contributed by atoms with E-state index in [2.05, 4.69) is 14.8 Å². The molecule has 0 amide bonds. The van der Waals surface area contributed by atoms with Gasteiger partial charge in [-0.1, -0.05) is 0 Å². The van der Waals surface area contributed by atoms with Crippen LogP contribution < -0.4 is 5.73 Å². The minimum absolute atomic E-state index is 0.354. The van der Waals surface area contributed by atoms with Crippen LogP contribution in [0.3, 0.4) is 0 Å². The summed E-state index contributed by atoms with van der Waals surface area (Å²) < 4.78 is 6.06. The van der Waals surface area contributed by atoms with Gasteiger partial charge in [0.15, 0.2) is 5.65 Å². The first-order valence-electron chi connectivity index (χ1n) is 4.32. The summed E-state index contributed by atoms with van der Waals surface area (Å²) >= 11 is 0. The number of aromatic nitrogens is 3. The standard InChI is InChI=1S/C9H10N4O2/c1-5-11-8-7(10)3-6(9(14)15-2)4-13(8)12-5/h3-4H,10H2,1-2H3. The molecule has 78 valence electrons. The SMILES string of the molecule is COC(=O)c1cc(N)c2nc(C)nn2c1. The summed E-state index contributed by atoms with van der Waals surface area (Å²) in [6.07, 6.45) is 1.54. The number of nitrogens with zero attached hydrogens (tertiary/aromatic N) is 3. The number of fused-ring (bicyclic) bond motifs is 1. The largest absolute Gasteiger partial charge is 0.465 e. The molecule has 0 radical (unpaired) electrons. The number of pyridine rings is 1. The highest BCUT2D eigenvalue weighted by molar-refractivity contribution is 5.91. The second kappa shape index (κ2) is 3.23. The van der Waals surface area contributed by atoms with Crippen molar-refractivity contribution in [2.75, 3.05) is 12.8 Å². The van der Waals surface area contributed by atoms with Crippen molar-refractivity contribution in [3.05, 3.63) is 23.7 Å². The fourth-order valence-electron chi connectivity index (χ4n) is 1.35. The van der Waals surface area contributed by atoms with Crippen molar-refractivity contribution in [1.29, 1.82) is 0 Å². The Morgan fingerprint density at radius 2 is 2.33 bits per heavy atom. The molecule has 0 unspecified atom stereocenters. The molecule has 0 aliphatic heterocycles. The van der Waals surface area contributed by atoms with Gasteiger partial charge in [0.1, 0.15) is 5.82 Å². The van der Waals surface area contributed by atoms with Gasteiger partial charge in [-0.3, -0.25) is 0 Å². The number of carbonyl (C=O) groups excluding carboxylic acids is 1. The lowest BCUT2D eigenvalue weighted by atomic mass is 10.2. The number of esters is 1. The fourth-order valence-corrected chi connectivity index (χ4v) is 1.35. The maximum atomic E-state index is 11.3. The summed E-state index contributed by atoms with van der Waals surface area (Å²) in [5, 5.41) is 4.07. The van der Waals surface area contributed by atoms with Crippen LogP contribution in [0.5, 0.6) is 0 Å². The van der Waals surface area contributed by atoms with E-state index in [4.69, 9.17) is 5.73 Å². The van der Waals surface area contributed by atoms with Crippen molar-refractivity contribution in [3.63, 3.8) is 0 Å². The minimum Gasteiger partial charge on any atom is -0.465 e. The van der Waals surface area contributed by atoms with E-state index in [-0.39, 0.29) is 0 Å². The molecule has 6 heteroatoms. The first-order chi connectivity index (χ1) is 7.11. The molecule has 0 aliphatic rings. The predicted molar refractivity (Wildman–Crippen MR) is 53.5 cm³/mol. The van der Waals surface area contributed by atoms with E-state index in [9.17, 15) is 4.79 Å². The molecule has 0 spiro atoms. The van der Waals surface area contributed by atoms with E-state index in [0.29, 0.717) is 22.7 Å². The molecular formula is C9H10N4O2. The Bertz CT molecular complexity index is 532. The number of methoxy groups -OCH3 is 1. The highest BCUT2D eigenvalue weighted by Gasteiger charge is 2.11. The van der Waals surface area contributed by atoms with E-state index in [1.165, 1.54) is 23.9 Å². The van der Waals surface area contributed by atoms with Crippen LogP contribution >= 0.6 is 0 Å². The Morgan fingerprint density at radius 3 is 3.00 bits per heavy atom. The molecule has 2 heterocycles. The van der Waals surface area contributed by atoms with Gasteiger partial charge in [0.2, 0.25) is 0 Å². The average Bonchev–Trinajstić information content (AvgIpc) is 2.58. The lowest BCUT2D eigenvalue weighted by Crippen LogP contribution is -2.05. The number of rotatable bonds is 1. The van der Waals surface area contributed by atoms with Crippen molar-refractivity contribution in [2.24, 2.45) is 0 Å². The van der Waals surface area contributed by atoms with Gasteiger partial charge in [-0.2, -0.15) is 5.10 Å². The van der Waals surface area contributed by atoms with Gasteiger partial charge < -0.3 is 10.5 Å². The zero-order valence-electron chi connectivity index (χ0n) is 8.39. The van der Waals surface area contributed by atoms with Crippen LogP contribution in [-0.2, 0) is 4.74 Å². The number of hydrogen-bond acceptors (Lipinski definition) is 5. The lowest BCUT2D eigenvalue weighted by molar-refractivity contribution is 0.0600. The molecule has 0 saturated carbocycles. The van der Waals surface area contributed by atoms with E-state index in [1.807, 2.05) is 0 Å². The van der Waals surface area contributed by atoms with Crippen LogP contribution in [-0.4, -0.2) is 27.7 Å². The van der Waals surface area contributed by atoms with Crippen molar-refractivity contribution in [2.45, 2.75) is 6.92 Å². The molecule has 2 rings (SSSR count). The maximum absolute atomic E-state index is 11.3. The second-order valence-electron chi connectivity index (χ2n) is 3.10. The summed E-state index contributed by atoms with van der Waals surface area (Å²) in [5.74, 6) is 0.153. The molecule has 2 aromatic rings. The Kier molecular flexibility index (Phi) is 2.03. The number of hydrogen-bond donors (Lipinski definition) is 1. The smallest absolute Gasteiger partial charge is 0.339 e. The summed E-state index contributed by atoms with van der Waals surface area (Å²) in [5.41, 5.74) is 7.03. The Hall–Kier alpha value is -2.11. The highest BCUT2D eigenvalue weighted by atomic mass is 16.5. The van der Waals surface area contributed by atoms with Gasteiger partial charge in [0, 0.05) is 6.20 Å². The first-order valence-corrected chi connectivity index (χ1v) is 4.32. The topological polar surface area (TPSA) is 82.5 Å². The van der Waals surface area contributed by atoms with Crippen LogP contribution in [0.25, 0.3) is 5.65 Å². The Morgan fingerprint density at radius 1 is 1.60 bits per heavy atom. The van der Waals surface area contributed by atoms with Crippen molar-refractivity contribution in [1.82, 2.24) is 14.6 Å². The zero-order valence-corrected chi connectivity index (χ0v) is 8.39. The third-order valence-corrected chi connectivity index (χ3v) is 1.99. The fraction of sp³-hybridized carbons (Fsp3) is 0.222. The van der Waals surface area contributed by atoms with E-state index in [1.54, 1.807) is 6.92 Å². The third kappa shape index (κ3) is 1.50. The molecular weight excluding hydrogens is 196 g/mol. The van der Waals surface area contributed by atoms with Gasteiger partial charge in [0.05, 0.1) is 18.4 Å². The highest BCUT2D eigenvalue weighted by Crippen LogP contribution is 2.14. The number of nitrogens with two attached hydrogens (primary N) is 1. The zero-order chi connectivity index (χ0) is 11.0. The minimum atomic E-state index is -0.447. The summed E-state index contributed by atoms with van der Waals surface area (Å²) in [4.78, 5) is 15.4. The normalized spacial score (nSPS) is 10.5. The van der Waals surface area contributed by atoms with E-state index >= 15 is 0 Å². The molecule has 0 aliphatic carbocycles. The van der Waals surface area contributed by atoms with Crippen molar-refractivity contribution >= 4 is 17.3 Å². The van der Waals surface area contributed by atoms with Gasteiger partial charge in [-0.05, 0) is 13.0 Å². The predicted octanol–water partition coefficient (Wildman–Crippen LogP) is 0.407. The summed E-state index contributed by atoms with van der Waals surface area (Å²) in [6.45, 7) is 1.75. The third-order valence-electron chi connectivity index (χ3n) is 1.99. The summed E-state index contributed by atoms with van der Waals surface area (Å²) in [7, 11) is 1.31. The lowest BCUT2D eigenvalue weighted by Gasteiger charge is -2.01. The number of carbonyl (C=O) groups is 1. The number of nitrogen functional groups attached to an aromatic ring is 1. The van der Waals surface area contributed by atoms with E-state index < -0.39 is 5.97 Å². The number of ether oxygens (including phenoxy) is 1. The molecule has 2 N–H and O–H groups in total. The molecule has 6 nitrogen and oxygen atoms in total. The molecule has 0 fully saturated rings. The quantitative estimate of drug-likeness (QED) is 0.683. The van der Waals surface area contributed by atoms with Crippen LogP contribution in [0.4, 0.5) is 5.69 Å². The molecule has 0 aromatic carbocycles. The first kappa shape index (κ1) is 9.45. The molecule has 0 bridgehead atoms. The molecule has 2 aromatic heterocycles. The van der Waals surface area contributed by atoms with E-state index in [0.717, 1.165) is 0 Å². The van der Waals surface area contributed by atoms with Crippen LogP contribution in [0.2, 0.25) is 0 Å². The Balaban J connectivity index is 2.66. The van der Waals surface area contributed by atoms with Gasteiger partial charge >= 0.3 is 5.97 Å². The molecule has 0 saturated heterocycles. The molecule has 0 atom stereocenters. The van der Waals surface area contributed by atoms with Gasteiger partial charge in [-0.15, -0.1) is 0 Å². The monoisotopic (exact) mass is 206 g/mol. The second-order valence-corrected chi connectivity index (χ2v) is 3.10.